The number of amides is 1. The average Bonchev–Trinajstić information content (AvgIpc) is 3.06. The van der Waals surface area contributed by atoms with Crippen molar-refractivity contribution in [2.24, 2.45) is 5.92 Å². The molecule has 0 bridgehead atoms. The summed E-state index contributed by atoms with van der Waals surface area (Å²) in [5, 5.41) is 0. The molecule has 1 aromatic carbocycles. The van der Waals surface area contributed by atoms with Crippen LogP contribution in [0, 0.1) is 19.8 Å². The quantitative estimate of drug-likeness (QED) is 0.810. The number of nitrogens with zero attached hydrogens (tertiary/aromatic N) is 1. The second-order valence-electron chi connectivity index (χ2n) is 7.70. The van der Waals surface area contributed by atoms with Gasteiger partial charge in [0.15, 0.2) is 0 Å². The molecule has 1 aliphatic heterocycles. The van der Waals surface area contributed by atoms with E-state index < -0.39 is 0 Å². The van der Waals surface area contributed by atoms with Crippen LogP contribution in [-0.4, -0.2) is 30.1 Å². The molecule has 1 heterocycles. The molecule has 0 spiro atoms. The molecule has 1 aromatic rings. The standard InChI is InChI=1S/C21H31NO2/c1-15-10-11-18(13-17(15)3)19-8-6-12-22(19)21(23)14-24-20-9-5-4-7-16(20)2/h10-11,13,16,19-20H,4-9,12,14H2,1-3H3/t16-,19-,20-/m0/s1. The van der Waals surface area contributed by atoms with Crippen LogP contribution < -0.4 is 0 Å². The van der Waals surface area contributed by atoms with Crippen molar-refractivity contribution >= 4 is 5.91 Å². The van der Waals surface area contributed by atoms with Crippen LogP contribution in [-0.2, 0) is 9.53 Å². The first-order valence-corrected chi connectivity index (χ1v) is 9.54. The Morgan fingerprint density at radius 3 is 2.67 bits per heavy atom. The van der Waals surface area contributed by atoms with Gasteiger partial charge in [-0.15, -0.1) is 0 Å². The highest BCUT2D eigenvalue weighted by atomic mass is 16.5. The minimum Gasteiger partial charge on any atom is -0.368 e. The molecular weight excluding hydrogens is 298 g/mol. The van der Waals surface area contributed by atoms with E-state index in [0.717, 1.165) is 25.8 Å². The molecule has 2 fully saturated rings. The van der Waals surface area contributed by atoms with E-state index in [-0.39, 0.29) is 24.7 Å². The van der Waals surface area contributed by atoms with Crippen LogP contribution in [0.3, 0.4) is 0 Å². The molecule has 1 amide bonds. The summed E-state index contributed by atoms with van der Waals surface area (Å²) < 4.78 is 6.01. The van der Waals surface area contributed by atoms with Crippen molar-refractivity contribution in [1.29, 1.82) is 0 Å². The van der Waals surface area contributed by atoms with Crippen molar-refractivity contribution < 1.29 is 9.53 Å². The number of carbonyl (C=O) groups is 1. The average molecular weight is 329 g/mol. The Morgan fingerprint density at radius 1 is 1.12 bits per heavy atom. The molecule has 2 aliphatic rings. The maximum atomic E-state index is 12.7. The number of likely N-dealkylation sites (tertiary alicyclic amines) is 1. The van der Waals surface area contributed by atoms with Gasteiger partial charge in [0.2, 0.25) is 5.91 Å². The third kappa shape index (κ3) is 3.83. The second kappa shape index (κ2) is 7.69. The Bertz CT molecular complexity index is 583. The Kier molecular flexibility index (Phi) is 5.60. The summed E-state index contributed by atoms with van der Waals surface area (Å²) in [6, 6.07) is 6.83. The molecule has 0 aromatic heterocycles. The van der Waals surface area contributed by atoms with E-state index >= 15 is 0 Å². The van der Waals surface area contributed by atoms with Gasteiger partial charge < -0.3 is 9.64 Å². The molecule has 1 saturated heterocycles. The zero-order valence-corrected chi connectivity index (χ0v) is 15.4. The Hall–Kier alpha value is -1.35. The molecule has 24 heavy (non-hydrogen) atoms. The van der Waals surface area contributed by atoms with Gasteiger partial charge in [-0.25, -0.2) is 0 Å². The van der Waals surface area contributed by atoms with Gasteiger partial charge in [0.25, 0.3) is 0 Å². The topological polar surface area (TPSA) is 29.5 Å². The molecule has 3 heteroatoms. The van der Waals surface area contributed by atoms with Gasteiger partial charge in [-0.3, -0.25) is 4.79 Å². The van der Waals surface area contributed by atoms with Gasteiger partial charge in [-0.1, -0.05) is 38.0 Å². The predicted octanol–water partition coefficient (Wildman–Crippen LogP) is 4.56. The third-order valence-corrected chi connectivity index (χ3v) is 5.94. The lowest BCUT2D eigenvalue weighted by molar-refractivity contribution is -0.141. The predicted molar refractivity (Wildman–Crippen MR) is 97.0 cm³/mol. The number of ether oxygens (including phenoxy) is 1. The lowest BCUT2D eigenvalue weighted by Crippen LogP contribution is -2.36. The number of benzene rings is 1. The smallest absolute Gasteiger partial charge is 0.249 e. The summed E-state index contributed by atoms with van der Waals surface area (Å²) in [4.78, 5) is 14.8. The fraction of sp³-hybridized carbons (Fsp3) is 0.667. The van der Waals surface area contributed by atoms with E-state index in [2.05, 4.69) is 39.0 Å². The Labute approximate surface area is 146 Å². The second-order valence-corrected chi connectivity index (χ2v) is 7.70. The van der Waals surface area contributed by atoms with Crippen molar-refractivity contribution in [2.45, 2.75) is 71.4 Å². The summed E-state index contributed by atoms with van der Waals surface area (Å²) in [5.74, 6) is 0.745. The van der Waals surface area contributed by atoms with Gasteiger partial charge in [-0.05, 0) is 62.1 Å². The van der Waals surface area contributed by atoms with Crippen LogP contribution in [0.1, 0.15) is 68.2 Å². The van der Waals surface area contributed by atoms with Crippen LogP contribution in [0.15, 0.2) is 18.2 Å². The minimum atomic E-state index is 0.161. The molecule has 1 aliphatic carbocycles. The van der Waals surface area contributed by atoms with E-state index in [1.54, 1.807) is 0 Å². The molecule has 3 atom stereocenters. The lowest BCUT2D eigenvalue weighted by Gasteiger charge is -2.30. The number of hydrogen-bond acceptors (Lipinski definition) is 2. The number of aryl methyl sites for hydroxylation is 2. The molecule has 1 saturated carbocycles. The number of carbonyl (C=O) groups excluding carboxylic acids is 1. The van der Waals surface area contributed by atoms with Gasteiger partial charge in [0.05, 0.1) is 12.1 Å². The van der Waals surface area contributed by atoms with Crippen molar-refractivity contribution in [2.75, 3.05) is 13.2 Å². The summed E-state index contributed by atoms with van der Waals surface area (Å²) in [6.45, 7) is 7.64. The van der Waals surface area contributed by atoms with Crippen LogP contribution in [0.2, 0.25) is 0 Å². The summed E-state index contributed by atoms with van der Waals surface area (Å²) in [5.41, 5.74) is 3.89. The van der Waals surface area contributed by atoms with Crippen LogP contribution in [0.4, 0.5) is 0 Å². The zero-order chi connectivity index (χ0) is 17.1. The zero-order valence-electron chi connectivity index (χ0n) is 15.4. The number of rotatable bonds is 4. The molecular formula is C21H31NO2. The van der Waals surface area contributed by atoms with Gasteiger partial charge in [0, 0.05) is 6.54 Å². The highest BCUT2D eigenvalue weighted by Crippen LogP contribution is 2.33. The number of hydrogen-bond donors (Lipinski definition) is 0. The maximum Gasteiger partial charge on any atom is 0.249 e. The molecule has 0 radical (unpaired) electrons. The molecule has 132 valence electrons. The van der Waals surface area contributed by atoms with Crippen LogP contribution in [0.5, 0.6) is 0 Å². The van der Waals surface area contributed by atoms with Gasteiger partial charge in [0.1, 0.15) is 6.61 Å². The fourth-order valence-corrected chi connectivity index (χ4v) is 4.17. The van der Waals surface area contributed by atoms with Crippen molar-refractivity contribution in [1.82, 2.24) is 4.90 Å². The largest absolute Gasteiger partial charge is 0.368 e. The summed E-state index contributed by atoms with van der Waals surface area (Å²) in [7, 11) is 0. The Morgan fingerprint density at radius 2 is 1.92 bits per heavy atom. The van der Waals surface area contributed by atoms with E-state index in [1.165, 1.54) is 36.0 Å². The highest BCUT2D eigenvalue weighted by Gasteiger charge is 2.31. The minimum absolute atomic E-state index is 0.161. The van der Waals surface area contributed by atoms with E-state index in [9.17, 15) is 4.79 Å². The lowest BCUT2D eigenvalue weighted by atomic mass is 9.88. The molecule has 0 unspecified atom stereocenters. The van der Waals surface area contributed by atoms with Crippen LogP contribution in [0.25, 0.3) is 0 Å². The maximum absolute atomic E-state index is 12.7. The van der Waals surface area contributed by atoms with E-state index in [0.29, 0.717) is 5.92 Å². The third-order valence-electron chi connectivity index (χ3n) is 5.94. The molecule has 3 nitrogen and oxygen atoms in total. The van der Waals surface area contributed by atoms with Crippen molar-refractivity contribution in [3.05, 3.63) is 34.9 Å². The molecule has 3 rings (SSSR count). The summed E-state index contributed by atoms with van der Waals surface area (Å²) in [6.07, 6.45) is 7.29. The first-order valence-electron chi connectivity index (χ1n) is 9.54. The first-order chi connectivity index (χ1) is 11.6. The summed E-state index contributed by atoms with van der Waals surface area (Å²) >= 11 is 0. The van der Waals surface area contributed by atoms with Crippen LogP contribution >= 0.6 is 0 Å². The van der Waals surface area contributed by atoms with Crippen molar-refractivity contribution in [3.8, 4) is 0 Å². The first kappa shape index (κ1) is 17.5. The SMILES string of the molecule is Cc1ccc([C@@H]2CCCN2C(=O)CO[C@H]2CCCC[C@@H]2C)cc1C. The van der Waals surface area contributed by atoms with E-state index in [1.807, 2.05) is 4.90 Å². The normalized spacial score (nSPS) is 27.5. The van der Waals surface area contributed by atoms with Crippen molar-refractivity contribution in [3.63, 3.8) is 0 Å². The Balaban J connectivity index is 1.61. The fourth-order valence-electron chi connectivity index (χ4n) is 4.17. The van der Waals surface area contributed by atoms with Gasteiger partial charge in [-0.2, -0.15) is 0 Å². The van der Waals surface area contributed by atoms with E-state index in [4.69, 9.17) is 4.74 Å². The monoisotopic (exact) mass is 329 g/mol. The highest BCUT2D eigenvalue weighted by molar-refractivity contribution is 5.78. The molecule has 0 N–H and O–H groups in total. The van der Waals surface area contributed by atoms with Gasteiger partial charge >= 0.3 is 0 Å².